The SMILES string of the molecule is O=C(CSCc1nc(-c2ccccc2)cs1)NNC(=O)OCC=CCOCc1ccccc1. The summed E-state index contributed by atoms with van der Waals surface area (Å²) in [6.07, 6.45) is 2.73. The van der Waals surface area contributed by atoms with Crippen LogP contribution in [0.5, 0.6) is 0 Å². The van der Waals surface area contributed by atoms with Gasteiger partial charge in [0.15, 0.2) is 0 Å². The number of ether oxygens (including phenoxy) is 2. The van der Waals surface area contributed by atoms with E-state index in [1.807, 2.05) is 66.0 Å². The van der Waals surface area contributed by atoms with Gasteiger partial charge in [-0.15, -0.1) is 23.1 Å². The Bertz CT molecular complexity index is 1030. The van der Waals surface area contributed by atoms with E-state index in [9.17, 15) is 9.59 Å². The molecule has 0 unspecified atom stereocenters. The maximum atomic E-state index is 11.9. The van der Waals surface area contributed by atoms with Crippen LogP contribution in [0.25, 0.3) is 11.3 Å². The van der Waals surface area contributed by atoms with Gasteiger partial charge in [0.05, 0.1) is 24.7 Å². The smallest absolute Gasteiger partial charge is 0.426 e. The Kier molecular flexibility index (Phi) is 10.5. The number of rotatable bonds is 11. The molecule has 3 aromatic rings. The highest BCUT2D eigenvalue weighted by Gasteiger charge is 2.08. The second kappa shape index (κ2) is 14.1. The van der Waals surface area contributed by atoms with Gasteiger partial charge in [0.2, 0.25) is 5.91 Å². The second-order valence-corrected chi connectivity index (χ2v) is 8.66. The lowest BCUT2D eigenvalue weighted by molar-refractivity contribution is -0.119. The highest BCUT2D eigenvalue weighted by molar-refractivity contribution is 7.99. The molecule has 1 aromatic heterocycles. The van der Waals surface area contributed by atoms with Crippen LogP contribution >= 0.6 is 23.1 Å². The fourth-order valence-electron chi connectivity index (χ4n) is 2.62. The summed E-state index contributed by atoms with van der Waals surface area (Å²) in [5, 5.41) is 2.95. The van der Waals surface area contributed by atoms with Crippen molar-refractivity contribution in [3.05, 3.63) is 88.8 Å². The third-order valence-electron chi connectivity index (χ3n) is 4.19. The van der Waals surface area contributed by atoms with Gasteiger partial charge in [-0.3, -0.25) is 10.2 Å². The summed E-state index contributed by atoms with van der Waals surface area (Å²) in [5.74, 6) is 0.493. The molecule has 0 aliphatic heterocycles. The molecule has 0 spiro atoms. The molecule has 33 heavy (non-hydrogen) atoms. The van der Waals surface area contributed by atoms with Gasteiger partial charge in [0.1, 0.15) is 11.6 Å². The Balaban J connectivity index is 1.21. The van der Waals surface area contributed by atoms with Crippen LogP contribution in [0.3, 0.4) is 0 Å². The Morgan fingerprint density at radius 2 is 1.70 bits per heavy atom. The van der Waals surface area contributed by atoms with Crippen LogP contribution in [0, 0.1) is 0 Å². The molecule has 0 fully saturated rings. The van der Waals surface area contributed by atoms with Gasteiger partial charge in [0, 0.05) is 16.7 Å². The molecule has 7 nitrogen and oxygen atoms in total. The average Bonchev–Trinajstić information content (AvgIpc) is 3.32. The third-order valence-corrected chi connectivity index (χ3v) is 6.16. The van der Waals surface area contributed by atoms with E-state index in [4.69, 9.17) is 9.47 Å². The Hall–Kier alpha value is -3.14. The van der Waals surface area contributed by atoms with Crippen LogP contribution in [0.1, 0.15) is 10.6 Å². The zero-order chi connectivity index (χ0) is 23.1. The first-order valence-corrected chi connectivity index (χ1v) is 12.3. The summed E-state index contributed by atoms with van der Waals surface area (Å²) in [4.78, 5) is 28.1. The average molecular weight is 484 g/mol. The van der Waals surface area contributed by atoms with E-state index in [1.165, 1.54) is 11.8 Å². The summed E-state index contributed by atoms with van der Waals surface area (Å²) < 4.78 is 10.4. The minimum absolute atomic E-state index is 0.0823. The van der Waals surface area contributed by atoms with Crippen molar-refractivity contribution in [1.29, 1.82) is 0 Å². The quantitative estimate of drug-likeness (QED) is 0.236. The molecule has 0 aliphatic carbocycles. The predicted molar refractivity (Wildman–Crippen MR) is 132 cm³/mol. The molecule has 0 aliphatic rings. The van der Waals surface area contributed by atoms with Crippen LogP contribution in [-0.2, 0) is 26.6 Å². The Morgan fingerprint density at radius 1 is 0.970 bits per heavy atom. The zero-order valence-electron chi connectivity index (χ0n) is 17.9. The number of nitrogens with one attached hydrogen (secondary N) is 2. The molecule has 0 saturated heterocycles. The van der Waals surface area contributed by atoms with Crippen LogP contribution in [0.2, 0.25) is 0 Å². The molecule has 2 amide bonds. The number of hydrogen-bond acceptors (Lipinski definition) is 7. The predicted octanol–water partition coefficient (Wildman–Crippen LogP) is 4.57. The topological polar surface area (TPSA) is 89.6 Å². The van der Waals surface area contributed by atoms with E-state index in [-0.39, 0.29) is 18.3 Å². The number of hydrazine groups is 1. The molecule has 9 heteroatoms. The molecule has 0 bridgehead atoms. The lowest BCUT2D eigenvalue weighted by Gasteiger charge is -2.06. The van der Waals surface area contributed by atoms with E-state index in [0.717, 1.165) is 21.8 Å². The van der Waals surface area contributed by atoms with E-state index >= 15 is 0 Å². The highest BCUT2D eigenvalue weighted by atomic mass is 32.2. The molecule has 3 rings (SSSR count). The second-order valence-electron chi connectivity index (χ2n) is 6.73. The van der Waals surface area contributed by atoms with Gasteiger partial charge in [-0.1, -0.05) is 66.7 Å². The number of nitrogens with zero attached hydrogens (tertiary/aromatic N) is 1. The number of hydrogen-bond donors (Lipinski definition) is 2. The summed E-state index contributed by atoms with van der Waals surface area (Å²) in [7, 11) is 0. The monoisotopic (exact) mass is 483 g/mol. The zero-order valence-corrected chi connectivity index (χ0v) is 19.6. The van der Waals surface area contributed by atoms with Crippen molar-refractivity contribution >= 4 is 35.1 Å². The first kappa shape index (κ1) is 24.5. The maximum absolute atomic E-state index is 11.9. The first-order chi connectivity index (χ1) is 16.2. The van der Waals surface area contributed by atoms with Crippen LogP contribution in [0.4, 0.5) is 4.79 Å². The molecule has 2 aromatic carbocycles. The van der Waals surface area contributed by atoms with Crippen molar-refractivity contribution in [2.24, 2.45) is 0 Å². The van der Waals surface area contributed by atoms with Gasteiger partial charge in [-0.05, 0) is 11.6 Å². The van der Waals surface area contributed by atoms with Gasteiger partial charge < -0.3 is 9.47 Å². The Labute approximate surface area is 201 Å². The Morgan fingerprint density at radius 3 is 2.48 bits per heavy atom. The van der Waals surface area contributed by atoms with Crippen molar-refractivity contribution < 1.29 is 19.1 Å². The molecular weight excluding hydrogens is 458 g/mol. The van der Waals surface area contributed by atoms with E-state index < -0.39 is 6.09 Å². The van der Waals surface area contributed by atoms with Crippen molar-refractivity contribution in [1.82, 2.24) is 15.8 Å². The molecule has 1 heterocycles. The number of carbonyl (C=O) groups excluding carboxylic acids is 2. The lowest BCUT2D eigenvalue weighted by Crippen LogP contribution is -2.42. The molecule has 172 valence electrons. The number of aromatic nitrogens is 1. The molecular formula is C24H25N3O4S2. The fourth-order valence-corrected chi connectivity index (χ4v) is 4.33. The maximum Gasteiger partial charge on any atom is 0.426 e. The fraction of sp³-hybridized carbons (Fsp3) is 0.208. The number of carbonyl (C=O) groups is 2. The highest BCUT2D eigenvalue weighted by Crippen LogP contribution is 2.24. The van der Waals surface area contributed by atoms with Crippen LogP contribution in [0.15, 0.2) is 78.2 Å². The summed E-state index contributed by atoms with van der Waals surface area (Å²) in [6.45, 7) is 1.02. The largest absolute Gasteiger partial charge is 0.444 e. The van der Waals surface area contributed by atoms with Crippen molar-refractivity contribution in [3.8, 4) is 11.3 Å². The number of amides is 2. The van der Waals surface area contributed by atoms with Crippen molar-refractivity contribution in [2.75, 3.05) is 19.0 Å². The van der Waals surface area contributed by atoms with Gasteiger partial charge in [-0.25, -0.2) is 15.2 Å². The van der Waals surface area contributed by atoms with E-state index in [0.29, 0.717) is 19.0 Å². The molecule has 2 N–H and O–H groups in total. The normalized spacial score (nSPS) is 10.8. The summed E-state index contributed by atoms with van der Waals surface area (Å²) in [5.41, 5.74) is 7.66. The first-order valence-electron chi connectivity index (χ1n) is 10.3. The number of benzene rings is 2. The van der Waals surface area contributed by atoms with Crippen LogP contribution < -0.4 is 10.9 Å². The molecule has 0 atom stereocenters. The van der Waals surface area contributed by atoms with Crippen molar-refractivity contribution in [3.63, 3.8) is 0 Å². The van der Waals surface area contributed by atoms with Crippen molar-refractivity contribution in [2.45, 2.75) is 12.4 Å². The number of thiazole rings is 1. The number of thioether (sulfide) groups is 1. The minimum atomic E-state index is -0.726. The summed E-state index contributed by atoms with van der Waals surface area (Å²) >= 11 is 2.98. The van der Waals surface area contributed by atoms with E-state index in [2.05, 4.69) is 15.8 Å². The van der Waals surface area contributed by atoms with Gasteiger partial charge >= 0.3 is 6.09 Å². The van der Waals surface area contributed by atoms with Crippen LogP contribution in [-0.4, -0.2) is 36.0 Å². The third kappa shape index (κ3) is 9.48. The minimum Gasteiger partial charge on any atom is -0.444 e. The molecule has 0 saturated carbocycles. The van der Waals surface area contributed by atoms with Gasteiger partial charge in [-0.2, -0.15) is 0 Å². The lowest BCUT2D eigenvalue weighted by atomic mass is 10.2. The van der Waals surface area contributed by atoms with E-state index in [1.54, 1.807) is 23.5 Å². The molecule has 0 radical (unpaired) electrons. The van der Waals surface area contributed by atoms with Gasteiger partial charge in [0.25, 0.3) is 0 Å². The summed E-state index contributed by atoms with van der Waals surface area (Å²) in [6, 6.07) is 19.8. The standard InChI is InChI=1S/C24H25N3O4S2/c28-22(17-32-18-23-25-21(16-33-23)20-11-5-2-6-12-20)26-27-24(29)31-14-8-7-13-30-15-19-9-3-1-4-10-19/h1-12,16H,13-15,17-18H2,(H,26,28)(H,27,29).